The van der Waals surface area contributed by atoms with Gasteiger partial charge in [-0.15, -0.1) is 0 Å². The maximum Gasteiger partial charge on any atom is 0.0577 e. The summed E-state index contributed by atoms with van der Waals surface area (Å²) in [5.74, 6) is 1.39. The summed E-state index contributed by atoms with van der Waals surface area (Å²) in [4.78, 5) is 0. The van der Waals surface area contributed by atoms with E-state index in [2.05, 4.69) is 19.2 Å². The van der Waals surface area contributed by atoms with Gasteiger partial charge in [0.1, 0.15) is 0 Å². The van der Waals surface area contributed by atoms with E-state index >= 15 is 0 Å². The molecule has 0 heterocycles. The third-order valence-electron chi connectivity index (χ3n) is 1.89. The van der Waals surface area contributed by atoms with E-state index in [1.54, 1.807) is 7.11 Å². The molecule has 0 spiro atoms. The minimum atomic E-state index is -0.739. The molecule has 0 bridgehead atoms. The van der Waals surface area contributed by atoms with Gasteiger partial charge in [0, 0.05) is 35.5 Å². The molecule has 0 radical (unpaired) electrons. The molecule has 2 atom stereocenters. The van der Waals surface area contributed by atoms with Crippen LogP contribution < -0.4 is 5.32 Å². The van der Waals surface area contributed by atoms with Crippen LogP contribution >= 0.6 is 0 Å². The average molecular weight is 207 g/mol. The summed E-state index contributed by atoms with van der Waals surface area (Å²) < 4.78 is 16.3. The standard InChI is InChI=1S/C9H21NO2S/c1-4-9(10-5-2)8-13(11)7-6-12-3/h9-10H,4-8H2,1-3H3. The fraction of sp³-hybridized carbons (Fsp3) is 1.00. The van der Waals surface area contributed by atoms with E-state index in [9.17, 15) is 4.21 Å². The van der Waals surface area contributed by atoms with Gasteiger partial charge in [-0.25, -0.2) is 0 Å². The van der Waals surface area contributed by atoms with Gasteiger partial charge in [0.2, 0.25) is 0 Å². The quantitative estimate of drug-likeness (QED) is 0.639. The Morgan fingerprint density at radius 1 is 1.46 bits per heavy atom. The molecule has 2 unspecified atom stereocenters. The first-order valence-corrected chi connectivity index (χ1v) is 6.30. The van der Waals surface area contributed by atoms with Crippen molar-refractivity contribution in [1.82, 2.24) is 5.32 Å². The van der Waals surface area contributed by atoms with Crippen molar-refractivity contribution in [2.24, 2.45) is 0 Å². The lowest BCUT2D eigenvalue weighted by Gasteiger charge is -2.14. The van der Waals surface area contributed by atoms with Gasteiger partial charge in [-0.1, -0.05) is 13.8 Å². The van der Waals surface area contributed by atoms with E-state index in [4.69, 9.17) is 4.74 Å². The Balaban J connectivity index is 3.60. The summed E-state index contributed by atoms with van der Waals surface area (Å²) in [6, 6.07) is 0.391. The van der Waals surface area contributed by atoms with E-state index in [1.807, 2.05) is 0 Å². The third kappa shape index (κ3) is 7.16. The monoisotopic (exact) mass is 207 g/mol. The van der Waals surface area contributed by atoms with E-state index in [0.717, 1.165) is 18.7 Å². The van der Waals surface area contributed by atoms with Crippen LogP contribution in [0, 0.1) is 0 Å². The zero-order valence-corrected chi connectivity index (χ0v) is 9.65. The molecule has 0 saturated carbocycles. The van der Waals surface area contributed by atoms with Crippen molar-refractivity contribution >= 4 is 10.8 Å². The second-order valence-corrected chi connectivity index (χ2v) is 4.59. The van der Waals surface area contributed by atoms with Crippen LogP contribution in [0.3, 0.4) is 0 Å². The SMILES string of the molecule is CCNC(CC)CS(=O)CCOC. The van der Waals surface area contributed by atoms with Crippen molar-refractivity contribution < 1.29 is 8.95 Å². The van der Waals surface area contributed by atoms with Crippen LogP contribution in [0.4, 0.5) is 0 Å². The minimum absolute atomic E-state index is 0.391. The molecule has 13 heavy (non-hydrogen) atoms. The van der Waals surface area contributed by atoms with Gasteiger partial charge in [-0.05, 0) is 13.0 Å². The van der Waals surface area contributed by atoms with Gasteiger partial charge in [-0.2, -0.15) is 0 Å². The first-order valence-electron chi connectivity index (χ1n) is 4.81. The Labute approximate surface area is 83.7 Å². The molecule has 0 aromatic rings. The van der Waals surface area contributed by atoms with E-state index in [1.165, 1.54) is 0 Å². The fourth-order valence-corrected chi connectivity index (χ4v) is 2.42. The van der Waals surface area contributed by atoms with Crippen molar-refractivity contribution in [3.8, 4) is 0 Å². The third-order valence-corrected chi connectivity index (χ3v) is 3.28. The van der Waals surface area contributed by atoms with Crippen molar-refractivity contribution in [3.05, 3.63) is 0 Å². The largest absolute Gasteiger partial charge is 0.384 e. The highest BCUT2D eigenvalue weighted by Gasteiger charge is 2.08. The molecule has 0 aromatic carbocycles. The van der Waals surface area contributed by atoms with E-state index in [0.29, 0.717) is 18.4 Å². The van der Waals surface area contributed by atoms with Gasteiger partial charge in [0.15, 0.2) is 0 Å². The molecule has 0 aliphatic rings. The van der Waals surface area contributed by atoms with Crippen LogP contribution in [-0.4, -0.2) is 42.0 Å². The average Bonchev–Trinajstić information content (AvgIpc) is 2.14. The van der Waals surface area contributed by atoms with Crippen LogP contribution in [0.2, 0.25) is 0 Å². The molecule has 0 amide bonds. The Bertz CT molecular complexity index is 142. The fourth-order valence-electron chi connectivity index (χ4n) is 1.09. The number of ether oxygens (including phenoxy) is 1. The highest BCUT2D eigenvalue weighted by molar-refractivity contribution is 7.85. The Morgan fingerprint density at radius 2 is 2.15 bits per heavy atom. The second kappa shape index (κ2) is 8.66. The van der Waals surface area contributed by atoms with E-state index < -0.39 is 10.8 Å². The molecular formula is C9H21NO2S. The molecule has 0 aliphatic heterocycles. The molecule has 3 nitrogen and oxygen atoms in total. The summed E-state index contributed by atoms with van der Waals surface area (Å²) >= 11 is 0. The van der Waals surface area contributed by atoms with Crippen LogP contribution in [0.5, 0.6) is 0 Å². The molecule has 0 saturated heterocycles. The first kappa shape index (κ1) is 13.1. The lowest BCUT2D eigenvalue weighted by Crippen LogP contribution is -2.34. The molecule has 0 fully saturated rings. The molecule has 4 heteroatoms. The smallest absolute Gasteiger partial charge is 0.0577 e. The highest BCUT2D eigenvalue weighted by Crippen LogP contribution is 1.95. The van der Waals surface area contributed by atoms with Gasteiger partial charge in [0.25, 0.3) is 0 Å². The van der Waals surface area contributed by atoms with Gasteiger partial charge in [0.05, 0.1) is 6.61 Å². The zero-order chi connectivity index (χ0) is 10.1. The maximum atomic E-state index is 11.4. The molecular weight excluding hydrogens is 186 g/mol. The van der Waals surface area contributed by atoms with Crippen LogP contribution in [0.25, 0.3) is 0 Å². The van der Waals surface area contributed by atoms with Gasteiger partial charge >= 0.3 is 0 Å². The van der Waals surface area contributed by atoms with Gasteiger partial charge < -0.3 is 10.1 Å². The summed E-state index contributed by atoms with van der Waals surface area (Å²) in [5, 5.41) is 3.31. The predicted molar refractivity (Wildman–Crippen MR) is 57.5 cm³/mol. The predicted octanol–water partition coefficient (Wildman–Crippen LogP) is 0.770. The number of hydrogen-bond acceptors (Lipinski definition) is 3. The summed E-state index contributed by atoms with van der Waals surface area (Å²) in [7, 11) is 0.899. The molecule has 1 N–H and O–H groups in total. The van der Waals surface area contributed by atoms with Gasteiger partial charge in [-0.3, -0.25) is 4.21 Å². The Kier molecular flexibility index (Phi) is 8.71. The van der Waals surface area contributed by atoms with Crippen molar-refractivity contribution in [1.29, 1.82) is 0 Å². The molecule has 0 rings (SSSR count). The van der Waals surface area contributed by atoms with Crippen LogP contribution in [-0.2, 0) is 15.5 Å². The normalized spacial score (nSPS) is 15.6. The van der Waals surface area contributed by atoms with Crippen LogP contribution in [0.15, 0.2) is 0 Å². The maximum absolute atomic E-state index is 11.4. The summed E-state index contributed by atoms with van der Waals surface area (Å²) in [6.07, 6.45) is 1.03. The highest BCUT2D eigenvalue weighted by atomic mass is 32.2. The van der Waals surface area contributed by atoms with Crippen molar-refractivity contribution in [2.75, 3.05) is 31.8 Å². The topological polar surface area (TPSA) is 38.3 Å². The lowest BCUT2D eigenvalue weighted by molar-refractivity contribution is 0.218. The number of nitrogens with one attached hydrogen (secondary N) is 1. The molecule has 0 aromatic heterocycles. The molecule has 80 valence electrons. The minimum Gasteiger partial charge on any atom is -0.384 e. The number of methoxy groups -OCH3 is 1. The number of hydrogen-bond donors (Lipinski definition) is 1. The second-order valence-electron chi connectivity index (χ2n) is 2.97. The molecule has 0 aliphatic carbocycles. The Hall–Kier alpha value is 0.0700. The van der Waals surface area contributed by atoms with Crippen molar-refractivity contribution in [3.63, 3.8) is 0 Å². The number of rotatable bonds is 8. The lowest BCUT2D eigenvalue weighted by atomic mass is 10.2. The Morgan fingerprint density at radius 3 is 2.62 bits per heavy atom. The van der Waals surface area contributed by atoms with Crippen LogP contribution in [0.1, 0.15) is 20.3 Å². The first-order chi connectivity index (χ1) is 6.24. The summed E-state index contributed by atoms with van der Waals surface area (Å²) in [6.45, 7) is 5.72. The van der Waals surface area contributed by atoms with Crippen molar-refractivity contribution in [2.45, 2.75) is 26.3 Å². The zero-order valence-electron chi connectivity index (χ0n) is 8.84. The summed E-state index contributed by atoms with van der Waals surface area (Å²) in [5.41, 5.74) is 0. The van der Waals surface area contributed by atoms with E-state index in [-0.39, 0.29) is 0 Å².